The van der Waals surface area contributed by atoms with Gasteiger partial charge in [-0.15, -0.1) is 25.6 Å². The molecule has 0 bridgehead atoms. The van der Waals surface area contributed by atoms with Gasteiger partial charge in [0.25, 0.3) is 0 Å². The molecule has 1 aromatic carbocycles. The normalized spacial score (nSPS) is 19.3. The average molecular weight is 361 g/mol. The van der Waals surface area contributed by atoms with E-state index >= 15 is 0 Å². The van der Waals surface area contributed by atoms with Crippen molar-refractivity contribution in [2.24, 2.45) is 0 Å². The van der Waals surface area contributed by atoms with Gasteiger partial charge in [0.1, 0.15) is 10.6 Å². The predicted octanol–water partition coefficient (Wildman–Crippen LogP) is 2.04. The maximum absolute atomic E-state index is 12.3. The predicted molar refractivity (Wildman–Crippen MR) is 76.6 cm³/mol. The highest BCUT2D eigenvalue weighted by molar-refractivity contribution is 7.89. The molecule has 0 radical (unpaired) electrons. The number of halogens is 4. The molecule has 1 heterocycles. The largest absolute Gasteiger partial charge is 0.573 e. The number of alkyl halides is 3. The topological polar surface area (TPSA) is 67.4 Å². The summed E-state index contributed by atoms with van der Waals surface area (Å²) >= 11 is 0. The molecule has 1 saturated heterocycles. The van der Waals surface area contributed by atoms with Gasteiger partial charge in [0, 0.05) is 12.6 Å². The van der Waals surface area contributed by atoms with Gasteiger partial charge < -0.3 is 10.1 Å². The fourth-order valence-corrected chi connectivity index (χ4v) is 3.52. The highest BCUT2D eigenvalue weighted by Gasteiger charge is 2.34. The summed E-state index contributed by atoms with van der Waals surface area (Å²) in [4.78, 5) is -0.520. The highest BCUT2D eigenvalue weighted by Crippen LogP contribution is 2.29. The van der Waals surface area contributed by atoms with Crippen molar-refractivity contribution in [3.8, 4) is 5.75 Å². The van der Waals surface area contributed by atoms with Crippen LogP contribution in [-0.4, -0.2) is 33.9 Å². The standard InChI is InChI=1S/C12H15F3N2O3S.ClH/c13-12(14,15)20-10-5-1-2-6-11(10)21(18,19)17-9-4-3-7-16-8-9;/h1-2,5-6,9,16-17H,3-4,7-8H2;1H. The van der Waals surface area contributed by atoms with E-state index in [1.807, 2.05) is 0 Å². The van der Waals surface area contributed by atoms with Crippen molar-refractivity contribution >= 4 is 22.4 Å². The molecule has 0 spiro atoms. The third-order valence-corrected chi connectivity index (χ3v) is 4.54. The Labute approximate surface area is 132 Å². The molecule has 1 unspecified atom stereocenters. The minimum Gasteiger partial charge on any atom is -0.404 e. The summed E-state index contributed by atoms with van der Waals surface area (Å²) in [6.45, 7) is 1.24. The minimum atomic E-state index is -4.95. The first-order valence-electron chi connectivity index (χ1n) is 6.36. The Balaban J connectivity index is 0.00000242. The molecular formula is C12H16ClF3N2O3S. The lowest BCUT2D eigenvalue weighted by Gasteiger charge is -2.24. The summed E-state index contributed by atoms with van der Waals surface area (Å²) in [5.41, 5.74) is 0. The first-order valence-corrected chi connectivity index (χ1v) is 7.84. The summed E-state index contributed by atoms with van der Waals surface area (Å²) in [5, 5.41) is 3.02. The van der Waals surface area contributed by atoms with Crippen LogP contribution < -0.4 is 14.8 Å². The molecule has 1 atom stereocenters. The van der Waals surface area contributed by atoms with Crippen molar-refractivity contribution in [3.63, 3.8) is 0 Å². The number of piperidine rings is 1. The molecule has 22 heavy (non-hydrogen) atoms. The van der Waals surface area contributed by atoms with Gasteiger partial charge in [0.15, 0.2) is 0 Å². The Morgan fingerprint density at radius 2 is 1.95 bits per heavy atom. The van der Waals surface area contributed by atoms with Crippen LogP contribution in [0.15, 0.2) is 29.2 Å². The Hall–Kier alpha value is -1.03. The number of sulfonamides is 1. The number of rotatable bonds is 4. The lowest BCUT2D eigenvalue weighted by Crippen LogP contribution is -2.45. The van der Waals surface area contributed by atoms with Gasteiger partial charge in [0.05, 0.1) is 0 Å². The molecule has 0 aromatic heterocycles. The van der Waals surface area contributed by atoms with E-state index in [9.17, 15) is 21.6 Å². The molecule has 1 fully saturated rings. The van der Waals surface area contributed by atoms with Crippen molar-refractivity contribution in [1.82, 2.24) is 10.0 Å². The Kier molecular flexibility index (Phi) is 6.48. The van der Waals surface area contributed by atoms with Crippen LogP contribution in [0, 0.1) is 0 Å². The second kappa shape index (κ2) is 7.49. The van der Waals surface area contributed by atoms with Crippen molar-refractivity contribution in [1.29, 1.82) is 0 Å². The highest BCUT2D eigenvalue weighted by atomic mass is 35.5. The molecule has 1 aliphatic heterocycles. The lowest BCUT2D eigenvalue weighted by atomic mass is 10.1. The van der Waals surface area contributed by atoms with Crippen LogP contribution in [0.1, 0.15) is 12.8 Å². The van der Waals surface area contributed by atoms with E-state index in [1.54, 1.807) is 0 Å². The second-order valence-electron chi connectivity index (χ2n) is 4.66. The van der Waals surface area contributed by atoms with Crippen molar-refractivity contribution in [2.75, 3.05) is 13.1 Å². The summed E-state index contributed by atoms with van der Waals surface area (Å²) in [6, 6.07) is 4.34. The van der Waals surface area contributed by atoms with Crippen molar-refractivity contribution < 1.29 is 26.3 Å². The van der Waals surface area contributed by atoms with Crippen LogP contribution >= 0.6 is 12.4 Å². The molecule has 10 heteroatoms. The van der Waals surface area contributed by atoms with Crippen LogP contribution in [-0.2, 0) is 10.0 Å². The molecule has 1 aromatic rings. The van der Waals surface area contributed by atoms with Gasteiger partial charge in [-0.3, -0.25) is 0 Å². The number of nitrogens with one attached hydrogen (secondary N) is 2. The Bertz CT molecular complexity index is 590. The van der Waals surface area contributed by atoms with Crippen molar-refractivity contribution in [3.05, 3.63) is 24.3 Å². The van der Waals surface area contributed by atoms with Crippen LogP contribution in [0.5, 0.6) is 5.75 Å². The van der Waals surface area contributed by atoms with Gasteiger partial charge in [-0.25, -0.2) is 13.1 Å². The SMILES string of the molecule is Cl.O=S(=O)(NC1CCCNC1)c1ccccc1OC(F)(F)F. The smallest absolute Gasteiger partial charge is 0.404 e. The van der Waals surface area contributed by atoms with Crippen LogP contribution in [0.25, 0.3) is 0 Å². The molecule has 0 saturated carbocycles. The fraction of sp³-hybridized carbons (Fsp3) is 0.500. The van der Waals surface area contributed by atoms with E-state index in [1.165, 1.54) is 12.1 Å². The first kappa shape index (κ1) is 19.0. The summed E-state index contributed by atoms with van der Waals surface area (Å²) < 4.78 is 67.6. The zero-order valence-corrected chi connectivity index (χ0v) is 13.0. The average Bonchev–Trinajstić information content (AvgIpc) is 2.38. The van der Waals surface area contributed by atoms with Gasteiger partial charge in [-0.05, 0) is 31.5 Å². The molecule has 0 aliphatic carbocycles. The third kappa shape index (κ3) is 5.31. The monoisotopic (exact) mass is 360 g/mol. The molecule has 126 valence electrons. The maximum atomic E-state index is 12.3. The van der Waals surface area contributed by atoms with Gasteiger partial charge in [-0.2, -0.15) is 0 Å². The Morgan fingerprint density at radius 1 is 1.27 bits per heavy atom. The number of ether oxygens (including phenoxy) is 1. The summed E-state index contributed by atoms with van der Waals surface area (Å²) in [7, 11) is -4.08. The Morgan fingerprint density at radius 3 is 2.55 bits per heavy atom. The zero-order chi connectivity index (χ0) is 15.5. The fourth-order valence-electron chi connectivity index (χ4n) is 2.12. The van der Waals surface area contributed by atoms with Gasteiger partial charge >= 0.3 is 6.36 Å². The van der Waals surface area contributed by atoms with E-state index in [0.717, 1.165) is 25.1 Å². The third-order valence-electron chi connectivity index (χ3n) is 2.98. The number of benzene rings is 1. The molecule has 2 rings (SSSR count). The maximum Gasteiger partial charge on any atom is 0.573 e. The minimum absolute atomic E-state index is 0. The van der Waals surface area contributed by atoms with Crippen LogP contribution in [0.3, 0.4) is 0 Å². The first-order chi connectivity index (χ1) is 9.78. The molecule has 1 aliphatic rings. The van der Waals surface area contributed by atoms with E-state index in [-0.39, 0.29) is 18.4 Å². The summed E-state index contributed by atoms with van der Waals surface area (Å²) in [6.07, 6.45) is -3.51. The van der Waals surface area contributed by atoms with Crippen molar-refractivity contribution in [2.45, 2.75) is 30.1 Å². The van der Waals surface area contributed by atoms with Crippen LogP contribution in [0.2, 0.25) is 0 Å². The quantitative estimate of drug-likeness (QED) is 0.862. The van der Waals surface area contributed by atoms with E-state index in [2.05, 4.69) is 14.8 Å². The molecule has 2 N–H and O–H groups in total. The second-order valence-corrected chi connectivity index (χ2v) is 6.34. The van der Waals surface area contributed by atoms with E-state index in [4.69, 9.17) is 0 Å². The number of para-hydroxylation sites is 1. The summed E-state index contributed by atoms with van der Waals surface area (Å²) in [5.74, 6) is -0.735. The van der Waals surface area contributed by atoms with Gasteiger partial charge in [-0.1, -0.05) is 12.1 Å². The van der Waals surface area contributed by atoms with Gasteiger partial charge in [0.2, 0.25) is 10.0 Å². The zero-order valence-electron chi connectivity index (χ0n) is 11.4. The van der Waals surface area contributed by atoms with E-state index < -0.39 is 27.0 Å². The molecular weight excluding hydrogens is 345 g/mol. The van der Waals surface area contributed by atoms with Crippen LogP contribution in [0.4, 0.5) is 13.2 Å². The number of hydrogen-bond acceptors (Lipinski definition) is 4. The number of hydrogen-bond donors (Lipinski definition) is 2. The van der Waals surface area contributed by atoms with E-state index in [0.29, 0.717) is 13.0 Å². The lowest BCUT2D eigenvalue weighted by molar-refractivity contribution is -0.275. The molecule has 0 amide bonds. The molecule has 5 nitrogen and oxygen atoms in total.